The predicted octanol–water partition coefficient (Wildman–Crippen LogP) is 1.25. The second-order valence-electron chi connectivity index (χ2n) is 6.95. The number of piperazine rings is 2. The van der Waals surface area contributed by atoms with E-state index in [2.05, 4.69) is 20.4 Å². The molecule has 2 aliphatic heterocycles. The third kappa shape index (κ3) is 3.16. The summed E-state index contributed by atoms with van der Waals surface area (Å²) in [6.45, 7) is 2.05. The summed E-state index contributed by atoms with van der Waals surface area (Å²) in [5.41, 5.74) is 1.31. The first-order valence-electron chi connectivity index (χ1n) is 9.02. The molecule has 0 bridgehead atoms. The van der Waals surface area contributed by atoms with E-state index in [1.54, 1.807) is 27.6 Å². The van der Waals surface area contributed by atoms with Gasteiger partial charge in [0.2, 0.25) is 0 Å². The number of rotatable bonds is 2. The Balaban J connectivity index is 1.47. The molecule has 5 rings (SSSR count). The van der Waals surface area contributed by atoms with Gasteiger partial charge in [0, 0.05) is 41.8 Å². The molecule has 0 aliphatic carbocycles. The lowest BCUT2D eigenvalue weighted by molar-refractivity contribution is -0.150. The molecule has 0 spiro atoms. The van der Waals surface area contributed by atoms with Crippen molar-refractivity contribution in [3.05, 3.63) is 40.4 Å². The maximum atomic E-state index is 12.0. The number of amides is 2. The van der Waals surface area contributed by atoms with Gasteiger partial charge in [-0.3, -0.25) is 9.59 Å². The maximum absolute atomic E-state index is 12.0. The molecule has 2 aromatic heterocycles. The Morgan fingerprint density at radius 1 is 1.03 bits per heavy atom. The fourth-order valence-electron chi connectivity index (χ4n) is 3.73. The number of nitrogens with zero attached hydrogens (tertiary/aromatic N) is 6. The van der Waals surface area contributed by atoms with Gasteiger partial charge < -0.3 is 15.1 Å². The van der Waals surface area contributed by atoms with Crippen molar-refractivity contribution < 1.29 is 9.59 Å². The number of fused-ring (bicyclic) bond motifs is 2. The lowest BCUT2D eigenvalue weighted by atomic mass is 10.1. The SMILES string of the molecule is O=C1NCC2CN(c3ccc4nnc(-c5cc(Cl)cc(Cl)c5)n4n3)CCN2C1=O. The van der Waals surface area contributed by atoms with Crippen molar-refractivity contribution in [1.82, 2.24) is 30.0 Å². The van der Waals surface area contributed by atoms with Gasteiger partial charge in [-0.2, -0.15) is 4.52 Å². The molecule has 4 heterocycles. The smallest absolute Gasteiger partial charge is 0.312 e. The van der Waals surface area contributed by atoms with Gasteiger partial charge in [-0.1, -0.05) is 23.2 Å². The molecule has 1 unspecified atom stereocenters. The van der Waals surface area contributed by atoms with Crippen LogP contribution < -0.4 is 10.2 Å². The number of carbonyl (C=O) groups excluding carboxylic acids is 2. The average molecular weight is 432 g/mol. The Labute approximate surface area is 175 Å². The largest absolute Gasteiger partial charge is 0.351 e. The molecular weight excluding hydrogens is 417 g/mol. The zero-order chi connectivity index (χ0) is 20.1. The van der Waals surface area contributed by atoms with Crippen LogP contribution in [0.25, 0.3) is 17.0 Å². The van der Waals surface area contributed by atoms with Crippen molar-refractivity contribution >= 4 is 46.5 Å². The summed E-state index contributed by atoms with van der Waals surface area (Å²) in [4.78, 5) is 27.3. The van der Waals surface area contributed by atoms with Crippen LogP contribution in [0, 0.1) is 0 Å². The maximum Gasteiger partial charge on any atom is 0.312 e. The Hall–Kier alpha value is -2.91. The minimum Gasteiger partial charge on any atom is -0.351 e. The third-order valence-corrected chi connectivity index (χ3v) is 5.57. The third-order valence-electron chi connectivity index (χ3n) is 5.13. The summed E-state index contributed by atoms with van der Waals surface area (Å²) in [5, 5.41) is 16.8. The van der Waals surface area contributed by atoms with E-state index in [0.717, 1.165) is 5.82 Å². The lowest BCUT2D eigenvalue weighted by Gasteiger charge is -2.43. The van der Waals surface area contributed by atoms with Gasteiger partial charge in [-0.15, -0.1) is 15.3 Å². The van der Waals surface area contributed by atoms with Gasteiger partial charge in [0.1, 0.15) is 5.82 Å². The van der Waals surface area contributed by atoms with Crippen LogP contribution in [0.2, 0.25) is 10.0 Å². The van der Waals surface area contributed by atoms with E-state index in [9.17, 15) is 9.59 Å². The van der Waals surface area contributed by atoms with Crippen LogP contribution in [0.15, 0.2) is 30.3 Å². The van der Waals surface area contributed by atoms with Gasteiger partial charge in [0.05, 0.1) is 6.04 Å². The highest BCUT2D eigenvalue weighted by molar-refractivity contribution is 6.36. The minimum absolute atomic E-state index is 0.0847. The highest BCUT2D eigenvalue weighted by Crippen LogP contribution is 2.27. The van der Waals surface area contributed by atoms with Crippen molar-refractivity contribution in [2.24, 2.45) is 0 Å². The van der Waals surface area contributed by atoms with E-state index in [4.69, 9.17) is 28.3 Å². The Kier molecular flexibility index (Phi) is 4.29. The molecule has 2 aliphatic rings. The molecule has 9 nitrogen and oxygen atoms in total. The average Bonchev–Trinajstić information content (AvgIpc) is 3.13. The molecular formula is C18H15Cl2N7O2. The normalized spacial score (nSPS) is 19.4. The van der Waals surface area contributed by atoms with Gasteiger partial charge >= 0.3 is 11.8 Å². The van der Waals surface area contributed by atoms with E-state index in [-0.39, 0.29) is 6.04 Å². The number of hydrogen-bond acceptors (Lipinski definition) is 6. The number of aromatic nitrogens is 4. The highest BCUT2D eigenvalue weighted by Gasteiger charge is 2.38. The van der Waals surface area contributed by atoms with Crippen LogP contribution in [-0.4, -0.2) is 68.7 Å². The van der Waals surface area contributed by atoms with Gasteiger partial charge in [0.15, 0.2) is 11.5 Å². The van der Waals surface area contributed by atoms with Crippen LogP contribution in [0.1, 0.15) is 0 Å². The van der Waals surface area contributed by atoms with Crippen molar-refractivity contribution in [3.63, 3.8) is 0 Å². The van der Waals surface area contributed by atoms with Crippen LogP contribution in [0.5, 0.6) is 0 Å². The Morgan fingerprint density at radius 2 is 1.83 bits per heavy atom. The fraction of sp³-hybridized carbons (Fsp3) is 0.278. The molecule has 29 heavy (non-hydrogen) atoms. The van der Waals surface area contributed by atoms with E-state index < -0.39 is 11.8 Å². The van der Waals surface area contributed by atoms with Crippen LogP contribution >= 0.6 is 23.2 Å². The summed E-state index contributed by atoms with van der Waals surface area (Å²) >= 11 is 12.3. The quantitative estimate of drug-likeness (QED) is 0.613. The summed E-state index contributed by atoms with van der Waals surface area (Å²) < 4.78 is 1.65. The molecule has 3 aromatic rings. The molecule has 1 N–H and O–H groups in total. The van der Waals surface area contributed by atoms with Crippen molar-refractivity contribution in [2.75, 3.05) is 31.1 Å². The first-order valence-corrected chi connectivity index (χ1v) is 9.78. The van der Waals surface area contributed by atoms with Crippen molar-refractivity contribution in [3.8, 4) is 11.4 Å². The number of nitrogens with one attached hydrogen (secondary N) is 1. The van der Waals surface area contributed by atoms with Gasteiger partial charge in [0.25, 0.3) is 0 Å². The number of benzene rings is 1. The Bertz CT molecular complexity index is 1130. The predicted molar refractivity (Wildman–Crippen MR) is 107 cm³/mol. The molecule has 148 valence electrons. The van der Waals surface area contributed by atoms with E-state index in [1.807, 2.05) is 12.1 Å². The van der Waals surface area contributed by atoms with Crippen molar-refractivity contribution in [2.45, 2.75) is 6.04 Å². The zero-order valence-electron chi connectivity index (χ0n) is 15.0. The summed E-state index contributed by atoms with van der Waals surface area (Å²) in [6.07, 6.45) is 0. The van der Waals surface area contributed by atoms with Crippen LogP contribution in [0.3, 0.4) is 0 Å². The fourth-order valence-corrected chi connectivity index (χ4v) is 4.26. The van der Waals surface area contributed by atoms with E-state index in [0.29, 0.717) is 53.3 Å². The molecule has 0 saturated carbocycles. The second-order valence-corrected chi connectivity index (χ2v) is 7.82. The number of carbonyl (C=O) groups is 2. The zero-order valence-corrected chi connectivity index (χ0v) is 16.6. The summed E-state index contributed by atoms with van der Waals surface area (Å²) in [5.74, 6) is 0.257. The lowest BCUT2D eigenvalue weighted by Crippen LogP contribution is -2.65. The number of hydrogen-bond donors (Lipinski definition) is 1. The number of halogens is 2. The molecule has 1 aromatic carbocycles. The minimum atomic E-state index is -0.538. The molecule has 2 saturated heterocycles. The van der Waals surface area contributed by atoms with Crippen molar-refractivity contribution in [1.29, 1.82) is 0 Å². The molecule has 2 fully saturated rings. The summed E-state index contributed by atoms with van der Waals surface area (Å²) in [6, 6.07) is 8.79. The molecule has 2 amide bonds. The highest BCUT2D eigenvalue weighted by atomic mass is 35.5. The standard InChI is InChI=1S/C18H15Cl2N7O2/c19-11-5-10(6-12(20)7-11)16-23-22-14-1-2-15(24-27(14)16)25-3-4-26-13(9-25)8-21-17(28)18(26)29/h1-2,5-7,13H,3-4,8-9H2,(H,21,28). The van der Waals surface area contributed by atoms with E-state index in [1.165, 1.54) is 0 Å². The second kappa shape index (κ2) is 6.85. The van der Waals surface area contributed by atoms with E-state index >= 15 is 0 Å². The summed E-state index contributed by atoms with van der Waals surface area (Å²) in [7, 11) is 0. The first-order chi connectivity index (χ1) is 14.0. The molecule has 11 heteroatoms. The van der Waals surface area contributed by atoms with Crippen LogP contribution in [0.4, 0.5) is 5.82 Å². The number of anilines is 1. The van der Waals surface area contributed by atoms with Gasteiger partial charge in [-0.25, -0.2) is 0 Å². The van der Waals surface area contributed by atoms with Crippen LogP contribution in [-0.2, 0) is 9.59 Å². The molecule has 1 atom stereocenters. The monoisotopic (exact) mass is 431 g/mol. The first kappa shape index (κ1) is 18.1. The Morgan fingerprint density at radius 3 is 2.62 bits per heavy atom. The topological polar surface area (TPSA) is 95.7 Å². The van der Waals surface area contributed by atoms with Gasteiger partial charge in [-0.05, 0) is 30.3 Å². The molecule has 0 radical (unpaired) electrons.